The standard InChI is InChI=1S/C10H8BrNO3S/c1-14-9(13)4-6-5-16-10(12-6)7-2-3-8(11)15-7/h2-3,5H,4H2,1H3. The van der Waals surface area contributed by atoms with Gasteiger partial charge in [-0.25, -0.2) is 4.98 Å². The number of methoxy groups -OCH3 is 1. The molecule has 0 radical (unpaired) electrons. The van der Waals surface area contributed by atoms with Crippen LogP contribution in [0.3, 0.4) is 0 Å². The highest BCUT2D eigenvalue weighted by Gasteiger charge is 2.11. The summed E-state index contributed by atoms with van der Waals surface area (Å²) in [6.07, 6.45) is 0.189. The maximum Gasteiger partial charge on any atom is 0.311 e. The van der Waals surface area contributed by atoms with Crippen molar-refractivity contribution >= 4 is 33.2 Å². The Hall–Kier alpha value is -1.14. The van der Waals surface area contributed by atoms with Crippen LogP contribution in [0.25, 0.3) is 10.8 Å². The number of esters is 1. The summed E-state index contributed by atoms with van der Waals surface area (Å²) in [5.74, 6) is 0.394. The van der Waals surface area contributed by atoms with Gasteiger partial charge in [0, 0.05) is 5.38 Å². The minimum atomic E-state index is -0.294. The molecule has 0 aliphatic rings. The van der Waals surface area contributed by atoms with Gasteiger partial charge in [-0.05, 0) is 28.1 Å². The van der Waals surface area contributed by atoms with Crippen molar-refractivity contribution in [3.05, 3.63) is 27.9 Å². The van der Waals surface area contributed by atoms with Crippen molar-refractivity contribution in [3.63, 3.8) is 0 Å². The van der Waals surface area contributed by atoms with Crippen LogP contribution in [0, 0.1) is 0 Å². The summed E-state index contributed by atoms with van der Waals surface area (Å²) >= 11 is 4.66. The van der Waals surface area contributed by atoms with E-state index in [1.807, 2.05) is 11.4 Å². The number of hydrogen-bond acceptors (Lipinski definition) is 5. The second-order valence-corrected chi connectivity index (χ2v) is 4.64. The van der Waals surface area contributed by atoms with Gasteiger partial charge in [0.15, 0.2) is 15.4 Å². The smallest absolute Gasteiger partial charge is 0.311 e. The number of rotatable bonds is 3. The number of halogens is 1. The predicted octanol–water partition coefficient (Wildman–Crippen LogP) is 2.88. The molecule has 0 saturated carbocycles. The molecule has 0 spiro atoms. The lowest BCUT2D eigenvalue weighted by molar-refractivity contribution is -0.139. The highest BCUT2D eigenvalue weighted by Crippen LogP contribution is 2.27. The largest absolute Gasteiger partial charge is 0.469 e. The third-order valence-corrected chi connectivity index (χ3v) is 3.22. The van der Waals surface area contributed by atoms with Gasteiger partial charge in [0.05, 0.1) is 19.2 Å². The Morgan fingerprint density at radius 2 is 2.44 bits per heavy atom. The zero-order chi connectivity index (χ0) is 11.5. The van der Waals surface area contributed by atoms with Crippen LogP contribution in [0.2, 0.25) is 0 Å². The Morgan fingerprint density at radius 1 is 1.62 bits per heavy atom. The van der Waals surface area contributed by atoms with E-state index < -0.39 is 0 Å². The van der Waals surface area contributed by atoms with E-state index >= 15 is 0 Å². The van der Waals surface area contributed by atoms with Crippen molar-refractivity contribution in [3.8, 4) is 10.8 Å². The van der Waals surface area contributed by atoms with Crippen molar-refractivity contribution in [2.75, 3.05) is 7.11 Å². The molecule has 0 fully saturated rings. The summed E-state index contributed by atoms with van der Waals surface area (Å²) in [7, 11) is 1.36. The van der Waals surface area contributed by atoms with E-state index in [0.29, 0.717) is 16.1 Å². The minimum absolute atomic E-state index is 0.189. The third-order valence-electron chi connectivity index (χ3n) is 1.89. The zero-order valence-corrected chi connectivity index (χ0v) is 10.8. The fourth-order valence-corrected chi connectivity index (χ4v) is 2.24. The molecule has 0 aliphatic carbocycles. The molecule has 16 heavy (non-hydrogen) atoms. The molecule has 2 aromatic rings. The molecule has 0 atom stereocenters. The zero-order valence-electron chi connectivity index (χ0n) is 8.40. The summed E-state index contributed by atoms with van der Waals surface area (Å²) in [5, 5.41) is 2.58. The van der Waals surface area contributed by atoms with E-state index in [1.165, 1.54) is 18.4 Å². The van der Waals surface area contributed by atoms with Gasteiger partial charge < -0.3 is 9.15 Å². The van der Waals surface area contributed by atoms with Crippen molar-refractivity contribution in [1.29, 1.82) is 0 Å². The molecule has 0 amide bonds. The average molecular weight is 302 g/mol. The predicted molar refractivity (Wildman–Crippen MR) is 63.2 cm³/mol. The molecule has 2 rings (SSSR count). The van der Waals surface area contributed by atoms with Crippen LogP contribution >= 0.6 is 27.3 Å². The van der Waals surface area contributed by atoms with E-state index in [-0.39, 0.29) is 12.4 Å². The number of hydrogen-bond donors (Lipinski definition) is 0. The Morgan fingerprint density at radius 3 is 3.06 bits per heavy atom. The first-order valence-electron chi connectivity index (χ1n) is 4.46. The number of furan rings is 1. The van der Waals surface area contributed by atoms with E-state index in [9.17, 15) is 4.79 Å². The van der Waals surface area contributed by atoms with Crippen molar-refractivity contribution < 1.29 is 13.9 Å². The topological polar surface area (TPSA) is 52.3 Å². The maximum absolute atomic E-state index is 11.0. The normalized spacial score (nSPS) is 10.4. The van der Waals surface area contributed by atoms with Crippen molar-refractivity contribution in [2.45, 2.75) is 6.42 Å². The molecule has 84 valence electrons. The summed E-state index contributed by atoms with van der Waals surface area (Å²) in [4.78, 5) is 15.3. The van der Waals surface area contributed by atoms with Crippen LogP contribution in [0.1, 0.15) is 5.69 Å². The SMILES string of the molecule is COC(=O)Cc1csc(-c2ccc(Br)o2)n1. The third kappa shape index (κ3) is 2.51. The maximum atomic E-state index is 11.0. The Kier molecular flexibility index (Phi) is 3.40. The van der Waals surface area contributed by atoms with E-state index in [0.717, 1.165) is 5.01 Å². The number of thiazole rings is 1. The van der Waals surface area contributed by atoms with Gasteiger partial charge in [0.25, 0.3) is 0 Å². The molecule has 2 aromatic heterocycles. The van der Waals surface area contributed by atoms with Gasteiger partial charge in [0.2, 0.25) is 0 Å². The monoisotopic (exact) mass is 301 g/mol. The number of nitrogens with zero attached hydrogens (tertiary/aromatic N) is 1. The molecule has 0 N–H and O–H groups in total. The Balaban J connectivity index is 2.16. The minimum Gasteiger partial charge on any atom is -0.469 e. The molecular formula is C10H8BrNO3S. The van der Waals surface area contributed by atoms with E-state index in [1.54, 1.807) is 6.07 Å². The average Bonchev–Trinajstić information content (AvgIpc) is 2.87. The van der Waals surface area contributed by atoms with Crippen LogP contribution in [0.15, 0.2) is 26.6 Å². The van der Waals surface area contributed by atoms with E-state index in [4.69, 9.17) is 4.42 Å². The van der Waals surface area contributed by atoms with Crippen molar-refractivity contribution in [2.24, 2.45) is 0 Å². The lowest BCUT2D eigenvalue weighted by Crippen LogP contribution is -2.04. The van der Waals surface area contributed by atoms with Gasteiger partial charge in [-0.15, -0.1) is 11.3 Å². The lowest BCUT2D eigenvalue weighted by Gasteiger charge is -1.93. The molecule has 0 aromatic carbocycles. The van der Waals surface area contributed by atoms with Crippen molar-refractivity contribution in [1.82, 2.24) is 4.98 Å². The molecule has 2 heterocycles. The quantitative estimate of drug-likeness (QED) is 0.818. The fourth-order valence-electron chi connectivity index (χ4n) is 1.15. The fraction of sp³-hybridized carbons (Fsp3) is 0.200. The van der Waals surface area contributed by atoms with Crippen LogP contribution < -0.4 is 0 Å². The van der Waals surface area contributed by atoms with Crippen LogP contribution in [0.4, 0.5) is 0 Å². The molecule has 6 heteroatoms. The van der Waals surface area contributed by atoms with Crippen LogP contribution in [0.5, 0.6) is 0 Å². The van der Waals surface area contributed by atoms with Gasteiger partial charge in [0.1, 0.15) is 0 Å². The van der Waals surface area contributed by atoms with E-state index in [2.05, 4.69) is 25.7 Å². The van der Waals surface area contributed by atoms with Crippen LogP contribution in [-0.2, 0) is 16.0 Å². The Bertz CT molecular complexity index is 506. The summed E-state index contributed by atoms with van der Waals surface area (Å²) in [6, 6.07) is 3.63. The summed E-state index contributed by atoms with van der Waals surface area (Å²) in [5.41, 5.74) is 0.694. The van der Waals surface area contributed by atoms with Gasteiger partial charge >= 0.3 is 5.97 Å². The Labute approximate surface area is 104 Å². The first kappa shape index (κ1) is 11.3. The first-order valence-corrected chi connectivity index (χ1v) is 6.13. The highest BCUT2D eigenvalue weighted by molar-refractivity contribution is 9.10. The molecular weight excluding hydrogens is 294 g/mol. The second kappa shape index (κ2) is 4.80. The summed E-state index contributed by atoms with van der Waals surface area (Å²) < 4.78 is 10.6. The van der Waals surface area contributed by atoms with Gasteiger partial charge in [-0.1, -0.05) is 0 Å². The molecule has 0 saturated heterocycles. The number of carbonyl (C=O) groups excluding carboxylic acids is 1. The number of carbonyl (C=O) groups is 1. The molecule has 4 nitrogen and oxygen atoms in total. The highest BCUT2D eigenvalue weighted by atomic mass is 79.9. The van der Waals surface area contributed by atoms with Crippen LogP contribution in [-0.4, -0.2) is 18.1 Å². The van der Waals surface area contributed by atoms with Gasteiger partial charge in [-0.2, -0.15) is 0 Å². The molecule has 0 unspecified atom stereocenters. The summed E-state index contributed by atoms with van der Waals surface area (Å²) in [6.45, 7) is 0. The number of aromatic nitrogens is 1. The second-order valence-electron chi connectivity index (χ2n) is 3.00. The first-order chi connectivity index (χ1) is 7.69. The molecule has 0 bridgehead atoms. The van der Waals surface area contributed by atoms with Gasteiger partial charge in [-0.3, -0.25) is 4.79 Å². The molecule has 0 aliphatic heterocycles. The lowest BCUT2D eigenvalue weighted by atomic mass is 10.3. The number of ether oxygens (including phenoxy) is 1.